The van der Waals surface area contributed by atoms with Crippen molar-refractivity contribution in [3.63, 3.8) is 0 Å². The number of nitrogens with one attached hydrogen (secondary N) is 1. The summed E-state index contributed by atoms with van der Waals surface area (Å²) in [5, 5.41) is 12.1. The minimum atomic E-state index is -0.337. The minimum absolute atomic E-state index is 0.222. The molecule has 0 aliphatic carbocycles. The van der Waals surface area contributed by atoms with Crippen molar-refractivity contribution in [1.82, 2.24) is 14.8 Å². The van der Waals surface area contributed by atoms with Gasteiger partial charge in [-0.3, -0.25) is 4.79 Å². The Labute approximate surface area is 167 Å². The number of carbonyl (C=O) groups excluding carboxylic acids is 1. The number of benzene rings is 1. The number of anilines is 1. The van der Waals surface area contributed by atoms with Crippen LogP contribution in [0.3, 0.4) is 0 Å². The molecule has 1 N–H and O–H groups in total. The largest absolute Gasteiger partial charge is 0.453 e. The molecule has 0 radical (unpaired) electrons. The van der Waals surface area contributed by atoms with Crippen LogP contribution in [-0.4, -0.2) is 27.8 Å². The van der Waals surface area contributed by atoms with Crippen LogP contribution >= 0.6 is 11.6 Å². The van der Waals surface area contributed by atoms with Gasteiger partial charge >= 0.3 is 0 Å². The molecular weight excluding hydrogens is 380 g/mol. The zero-order valence-electron chi connectivity index (χ0n) is 15.6. The van der Waals surface area contributed by atoms with Gasteiger partial charge in [0.15, 0.2) is 11.6 Å². The second-order valence-electron chi connectivity index (χ2n) is 6.75. The highest BCUT2D eigenvalue weighted by Gasteiger charge is 2.19. The fourth-order valence-electron chi connectivity index (χ4n) is 3.37. The van der Waals surface area contributed by atoms with Gasteiger partial charge in [0.05, 0.1) is 5.02 Å². The smallest absolute Gasteiger partial charge is 0.291 e. The molecule has 3 heterocycles. The van der Waals surface area contributed by atoms with Gasteiger partial charge in [-0.15, -0.1) is 10.2 Å². The number of methoxy groups -OCH3 is 1. The summed E-state index contributed by atoms with van der Waals surface area (Å²) in [5.74, 6) is 2.20. The fourth-order valence-corrected chi connectivity index (χ4v) is 3.57. The summed E-state index contributed by atoms with van der Waals surface area (Å²) in [6.45, 7) is 1.19. The van der Waals surface area contributed by atoms with Gasteiger partial charge in [0.2, 0.25) is 0 Å². The minimum Gasteiger partial charge on any atom is -0.453 e. The zero-order valence-corrected chi connectivity index (χ0v) is 16.3. The van der Waals surface area contributed by atoms with Crippen LogP contribution in [0.1, 0.15) is 41.4 Å². The predicted molar refractivity (Wildman–Crippen MR) is 105 cm³/mol. The highest BCUT2D eigenvalue weighted by molar-refractivity contribution is 6.33. The number of amides is 1. The lowest BCUT2D eigenvalue weighted by atomic mass is 10.1. The van der Waals surface area contributed by atoms with Gasteiger partial charge in [-0.1, -0.05) is 18.0 Å². The normalized spacial score (nSPS) is 13.8. The fraction of sp³-hybridized carbons (Fsp3) is 0.350. The Bertz CT molecular complexity index is 995. The van der Waals surface area contributed by atoms with Gasteiger partial charge in [0.25, 0.3) is 5.91 Å². The van der Waals surface area contributed by atoms with Crippen LogP contribution in [0.2, 0.25) is 5.02 Å². The van der Waals surface area contributed by atoms with Gasteiger partial charge in [-0.05, 0) is 43.2 Å². The third kappa shape index (κ3) is 3.81. The van der Waals surface area contributed by atoms with Crippen molar-refractivity contribution in [3.8, 4) is 11.4 Å². The van der Waals surface area contributed by atoms with E-state index in [-0.39, 0.29) is 11.7 Å². The molecular formula is C20H21ClN4O3. The lowest BCUT2D eigenvalue weighted by Crippen LogP contribution is -2.11. The van der Waals surface area contributed by atoms with Crippen molar-refractivity contribution >= 4 is 23.2 Å². The number of rotatable bonds is 5. The Kier molecular flexibility index (Phi) is 5.45. The SMILES string of the molecule is COCc1ccc(C(=O)Nc2ccc(Cl)c(-c3nnc4n3CCCCC4)c2)o1. The average Bonchev–Trinajstić information content (AvgIpc) is 3.25. The number of hydrogen-bond donors (Lipinski definition) is 1. The molecule has 7 nitrogen and oxygen atoms in total. The predicted octanol–water partition coefficient (Wildman–Crippen LogP) is 4.32. The van der Waals surface area contributed by atoms with E-state index < -0.39 is 0 Å². The van der Waals surface area contributed by atoms with Gasteiger partial charge in [0, 0.05) is 31.3 Å². The third-order valence-electron chi connectivity index (χ3n) is 4.75. The van der Waals surface area contributed by atoms with Crippen molar-refractivity contribution in [2.45, 2.75) is 38.8 Å². The van der Waals surface area contributed by atoms with E-state index in [9.17, 15) is 4.79 Å². The lowest BCUT2D eigenvalue weighted by Gasteiger charge is -2.10. The highest BCUT2D eigenvalue weighted by atomic mass is 35.5. The monoisotopic (exact) mass is 400 g/mol. The summed E-state index contributed by atoms with van der Waals surface area (Å²) in [5.41, 5.74) is 1.36. The molecule has 0 bridgehead atoms. The van der Waals surface area contributed by atoms with Gasteiger partial charge in [0.1, 0.15) is 18.2 Å². The number of aromatic nitrogens is 3. The molecule has 1 aliphatic heterocycles. The zero-order chi connectivity index (χ0) is 19.5. The highest BCUT2D eigenvalue weighted by Crippen LogP contribution is 2.31. The molecule has 146 valence electrons. The van der Waals surface area contributed by atoms with Crippen LogP contribution in [0.5, 0.6) is 0 Å². The first kappa shape index (κ1) is 18.7. The molecule has 1 aromatic carbocycles. The quantitative estimate of drug-likeness (QED) is 0.689. The lowest BCUT2D eigenvalue weighted by molar-refractivity contribution is 0.0987. The molecule has 4 rings (SSSR count). The van der Waals surface area contributed by atoms with Gasteiger partial charge in [-0.25, -0.2) is 0 Å². The first-order valence-corrected chi connectivity index (χ1v) is 9.64. The first-order chi connectivity index (χ1) is 13.7. The summed E-state index contributed by atoms with van der Waals surface area (Å²) in [4.78, 5) is 12.5. The van der Waals surface area contributed by atoms with Crippen LogP contribution in [0.25, 0.3) is 11.4 Å². The van der Waals surface area contributed by atoms with E-state index in [0.717, 1.165) is 43.0 Å². The summed E-state index contributed by atoms with van der Waals surface area (Å²) >= 11 is 6.44. The molecule has 0 saturated carbocycles. The summed E-state index contributed by atoms with van der Waals surface area (Å²) < 4.78 is 12.6. The maximum absolute atomic E-state index is 12.5. The molecule has 0 spiro atoms. The molecule has 0 unspecified atom stereocenters. The van der Waals surface area contributed by atoms with Crippen LogP contribution in [0.4, 0.5) is 5.69 Å². The molecule has 8 heteroatoms. The number of carbonyl (C=O) groups is 1. The van der Waals surface area contributed by atoms with Crippen LogP contribution in [0.15, 0.2) is 34.7 Å². The van der Waals surface area contributed by atoms with Gasteiger partial charge in [-0.2, -0.15) is 0 Å². The Morgan fingerprint density at radius 1 is 1.25 bits per heavy atom. The summed E-state index contributed by atoms with van der Waals surface area (Å²) in [6.07, 6.45) is 4.31. The van der Waals surface area contributed by atoms with Crippen molar-refractivity contribution in [2.24, 2.45) is 0 Å². The first-order valence-electron chi connectivity index (χ1n) is 9.26. The number of fused-ring (bicyclic) bond motifs is 1. The van der Waals surface area contributed by atoms with Crippen LogP contribution in [-0.2, 0) is 24.3 Å². The molecule has 0 saturated heterocycles. The standard InChI is InChI=1S/C20H21ClN4O3/c1-27-12-14-7-9-17(28-14)20(26)22-13-6-8-16(21)15(11-13)19-24-23-18-5-3-2-4-10-25(18)19/h6-9,11H,2-5,10,12H2,1H3,(H,22,26). The number of furan rings is 1. The second kappa shape index (κ2) is 8.16. The Hall–Kier alpha value is -2.64. The van der Waals surface area contributed by atoms with E-state index in [1.165, 1.54) is 6.42 Å². The van der Waals surface area contributed by atoms with Crippen molar-refractivity contribution in [1.29, 1.82) is 0 Å². The van der Waals surface area contributed by atoms with E-state index in [2.05, 4.69) is 20.1 Å². The molecule has 1 aliphatic rings. The maximum Gasteiger partial charge on any atom is 0.291 e. The van der Waals surface area contributed by atoms with E-state index in [0.29, 0.717) is 23.1 Å². The molecule has 28 heavy (non-hydrogen) atoms. The van der Waals surface area contributed by atoms with Crippen LogP contribution < -0.4 is 5.32 Å². The molecule has 1 amide bonds. The van der Waals surface area contributed by atoms with Gasteiger partial charge < -0.3 is 19.0 Å². The Balaban J connectivity index is 1.59. The Morgan fingerprint density at radius 3 is 3.00 bits per heavy atom. The van der Waals surface area contributed by atoms with E-state index >= 15 is 0 Å². The third-order valence-corrected chi connectivity index (χ3v) is 5.08. The van der Waals surface area contributed by atoms with E-state index in [1.54, 1.807) is 31.4 Å². The molecule has 2 aromatic heterocycles. The maximum atomic E-state index is 12.5. The molecule has 0 fully saturated rings. The van der Waals surface area contributed by atoms with E-state index in [4.69, 9.17) is 20.8 Å². The number of hydrogen-bond acceptors (Lipinski definition) is 5. The second-order valence-corrected chi connectivity index (χ2v) is 7.16. The van der Waals surface area contributed by atoms with Crippen molar-refractivity contribution in [3.05, 3.63) is 52.7 Å². The van der Waals surface area contributed by atoms with Crippen LogP contribution in [0, 0.1) is 0 Å². The topological polar surface area (TPSA) is 82.2 Å². The molecule has 0 atom stereocenters. The summed E-state index contributed by atoms with van der Waals surface area (Å²) in [7, 11) is 1.57. The van der Waals surface area contributed by atoms with Crippen molar-refractivity contribution in [2.75, 3.05) is 12.4 Å². The summed E-state index contributed by atoms with van der Waals surface area (Å²) in [6, 6.07) is 8.67. The number of halogens is 1. The number of ether oxygens (including phenoxy) is 1. The Morgan fingerprint density at radius 2 is 2.14 bits per heavy atom. The average molecular weight is 401 g/mol. The van der Waals surface area contributed by atoms with Crippen molar-refractivity contribution < 1.29 is 13.9 Å². The number of aryl methyl sites for hydroxylation is 1. The van der Waals surface area contributed by atoms with E-state index in [1.807, 2.05) is 6.07 Å². The number of nitrogens with zero attached hydrogens (tertiary/aromatic N) is 3. The molecule has 3 aromatic rings.